The van der Waals surface area contributed by atoms with Gasteiger partial charge in [-0.05, 0) is 51.0 Å². The third kappa shape index (κ3) is 7.54. The molecule has 0 amide bonds. The van der Waals surface area contributed by atoms with Crippen molar-refractivity contribution in [2.24, 2.45) is 0 Å². The van der Waals surface area contributed by atoms with E-state index in [1.165, 1.54) is 36.8 Å². The molecule has 2 aromatic carbocycles. The van der Waals surface area contributed by atoms with E-state index in [2.05, 4.69) is 38.1 Å². The lowest BCUT2D eigenvalue weighted by Gasteiger charge is -2.07. The van der Waals surface area contributed by atoms with E-state index in [0.29, 0.717) is 0 Å². The summed E-state index contributed by atoms with van der Waals surface area (Å²) in [5.41, 5.74) is 2.54. The van der Waals surface area contributed by atoms with Crippen molar-refractivity contribution in [2.45, 2.75) is 52.4 Å². The molecular weight excluding hydrogens is 296 g/mol. The second-order valence-electron chi connectivity index (χ2n) is 6.44. The average molecular weight is 326 g/mol. The number of rotatable bonds is 11. The quantitative estimate of drug-likeness (QED) is 0.464. The molecular formula is C22H30O2. The van der Waals surface area contributed by atoms with Crippen LogP contribution in [0.5, 0.6) is 11.5 Å². The molecule has 130 valence electrons. The predicted octanol–water partition coefficient (Wildman–Crippen LogP) is 6.10. The Morgan fingerprint density at radius 3 is 1.21 bits per heavy atom. The van der Waals surface area contributed by atoms with Crippen molar-refractivity contribution < 1.29 is 9.47 Å². The van der Waals surface area contributed by atoms with E-state index < -0.39 is 0 Å². The first kappa shape index (κ1) is 18.4. The topological polar surface area (TPSA) is 18.5 Å². The minimum atomic E-state index is 0.819. The Hall–Kier alpha value is -1.96. The van der Waals surface area contributed by atoms with E-state index in [4.69, 9.17) is 9.47 Å². The molecule has 0 spiro atoms. The van der Waals surface area contributed by atoms with Crippen LogP contribution in [0.2, 0.25) is 0 Å². The monoisotopic (exact) mass is 326 g/mol. The molecule has 0 saturated carbocycles. The number of hydrogen-bond donors (Lipinski definition) is 0. The zero-order valence-corrected chi connectivity index (χ0v) is 15.1. The average Bonchev–Trinajstić information content (AvgIpc) is 2.60. The normalized spacial score (nSPS) is 10.6. The van der Waals surface area contributed by atoms with Crippen molar-refractivity contribution in [1.82, 2.24) is 0 Å². The Balaban J connectivity index is 1.40. The maximum atomic E-state index is 5.74. The molecule has 0 saturated heterocycles. The lowest BCUT2D eigenvalue weighted by molar-refractivity contribution is 0.297. The van der Waals surface area contributed by atoms with Gasteiger partial charge in [0, 0.05) is 0 Å². The minimum Gasteiger partial charge on any atom is -0.494 e. The van der Waals surface area contributed by atoms with E-state index in [9.17, 15) is 0 Å². The highest BCUT2D eigenvalue weighted by Gasteiger charge is 1.96. The lowest BCUT2D eigenvalue weighted by Crippen LogP contribution is -1.98. The number of benzene rings is 2. The van der Waals surface area contributed by atoms with E-state index in [0.717, 1.165) is 37.6 Å². The Morgan fingerprint density at radius 2 is 0.833 bits per heavy atom. The van der Waals surface area contributed by atoms with Gasteiger partial charge in [-0.25, -0.2) is 0 Å². The Kier molecular flexibility index (Phi) is 8.23. The van der Waals surface area contributed by atoms with Crippen molar-refractivity contribution >= 4 is 0 Å². The van der Waals surface area contributed by atoms with Crippen LogP contribution in [0.3, 0.4) is 0 Å². The first-order chi connectivity index (χ1) is 11.7. The highest BCUT2D eigenvalue weighted by atomic mass is 16.5. The maximum absolute atomic E-state index is 5.74. The van der Waals surface area contributed by atoms with Crippen LogP contribution in [0.25, 0.3) is 0 Å². The van der Waals surface area contributed by atoms with Crippen LogP contribution >= 0.6 is 0 Å². The van der Waals surface area contributed by atoms with Gasteiger partial charge in [-0.1, -0.05) is 61.1 Å². The first-order valence-corrected chi connectivity index (χ1v) is 9.13. The van der Waals surface area contributed by atoms with Crippen molar-refractivity contribution in [2.75, 3.05) is 13.2 Å². The second kappa shape index (κ2) is 10.7. The van der Waals surface area contributed by atoms with Crippen LogP contribution < -0.4 is 9.47 Å². The molecule has 0 bridgehead atoms. The standard InChI is InChI=1S/C22H30O2/c1-19-9-13-21(14-10-19)23-17-7-5-3-4-6-8-18-24-22-15-11-20(2)12-16-22/h9-16H,3-8,17-18H2,1-2H3. The molecule has 24 heavy (non-hydrogen) atoms. The second-order valence-corrected chi connectivity index (χ2v) is 6.44. The van der Waals surface area contributed by atoms with E-state index >= 15 is 0 Å². The van der Waals surface area contributed by atoms with Gasteiger partial charge in [0.2, 0.25) is 0 Å². The molecule has 2 heteroatoms. The summed E-state index contributed by atoms with van der Waals surface area (Å²) in [5, 5.41) is 0. The van der Waals surface area contributed by atoms with Crippen molar-refractivity contribution in [3.05, 3.63) is 59.7 Å². The number of aryl methyl sites for hydroxylation is 2. The molecule has 0 unspecified atom stereocenters. The molecule has 2 rings (SSSR count). The minimum absolute atomic E-state index is 0.819. The van der Waals surface area contributed by atoms with Gasteiger partial charge in [0.15, 0.2) is 0 Å². The van der Waals surface area contributed by atoms with Crippen molar-refractivity contribution in [3.63, 3.8) is 0 Å². The van der Waals surface area contributed by atoms with Crippen LogP contribution in [0.4, 0.5) is 0 Å². The van der Waals surface area contributed by atoms with Crippen LogP contribution in [0.15, 0.2) is 48.5 Å². The highest BCUT2D eigenvalue weighted by molar-refractivity contribution is 5.26. The van der Waals surface area contributed by atoms with E-state index in [1.807, 2.05) is 24.3 Å². The third-order valence-corrected chi connectivity index (χ3v) is 4.12. The zero-order valence-electron chi connectivity index (χ0n) is 15.1. The smallest absolute Gasteiger partial charge is 0.119 e. The molecule has 0 aliphatic rings. The summed E-state index contributed by atoms with van der Waals surface area (Å²) >= 11 is 0. The molecule has 0 aliphatic carbocycles. The number of ether oxygens (including phenoxy) is 2. The molecule has 0 heterocycles. The summed E-state index contributed by atoms with van der Waals surface area (Å²) in [5.74, 6) is 1.96. The van der Waals surface area contributed by atoms with Gasteiger partial charge < -0.3 is 9.47 Å². The van der Waals surface area contributed by atoms with Crippen LogP contribution in [0.1, 0.15) is 49.7 Å². The Bertz CT molecular complexity index is 504. The maximum Gasteiger partial charge on any atom is 0.119 e. The number of hydrogen-bond acceptors (Lipinski definition) is 2. The Morgan fingerprint density at radius 1 is 0.500 bits per heavy atom. The molecule has 2 nitrogen and oxygen atoms in total. The zero-order chi connectivity index (χ0) is 17.0. The summed E-state index contributed by atoms with van der Waals surface area (Å²) in [6.07, 6.45) is 7.31. The van der Waals surface area contributed by atoms with Crippen LogP contribution in [0, 0.1) is 13.8 Å². The fraction of sp³-hybridized carbons (Fsp3) is 0.455. The highest BCUT2D eigenvalue weighted by Crippen LogP contribution is 2.14. The summed E-state index contributed by atoms with van der Waals surface area (Å²) in [4.78, 5) is 0. The van der Waals surface area contributed by atoms with Gasteiger partial charge in [0.05, 0.1) is 13.2 Å². The van der Waals surface area contributed by atoms with Crippen molar-refractivity contribution in [3.8, 4) is 11.5 Å². The summed E-state index contributed by atoms with van der Waals surface area (Å²) in [7, 11) is 0. The van der Waals surface area contributed by atoms with Gasteiger partial charge in [-0.3, -0.25) is 0 Å². The summed E-state index contributed by atoms with van der Waals surface area (Å²) < 4.78 is 11.5. The van der Waals surface area contributed by atoms with Crippen LogP contribution in [-0.4, -0.2) is 13.2 Å². The summed E-state index contributed by atoms with van der Waals surface area (Å²) in [6.45, 7) is 5.82. The van der Waals surface area contributed by atoms with Gasteiger partial charge in [0.1, 0.15) is 11.5 Å². The molecule has 0 aliphatic heterocycles. The van der Waals surface area contributed by atoms with E-state index in [-0.39, 0.29) is 0 Å². The van der Waals surface area contributed by atoms with Gasteiger partial charge in [0.25, 0.3) is 0 Å². The molecule has 0 fully saturated rings. The largest absolute Gasteiger partial charge is 0.494 e. The Labute approximate surface area is 146 Å². The van der Waals surface area contributed by atoms with Crippen LogP contribution in [-0.2, 0) is 0 Å². The molecule has 0 N–H and O–H groups in total. The fourth-order valence-electron chi connectivity index (χ4n) is 2.56. The van der Waals surface area contributed by atoms with Crippen molar-refractivity contribution in [1.29, 1.82) is 0 Å². The number of unbranched alkanes of at least 4 members (excludes halogenated alkanes) is 5. The van der Waals surface area contributed by atoms with Gasteiger partial charge >= 0.3 is 0 Å². The molecule has 0 atom stereocenters. The molecule has 2 aromatic rings. The first-order valence-electron chi connectivity index (χ1n) is 9.13. The van der Waals surface area contributed by atoms with E-state index in [1.54, 1.807) is 0 Å². The predicted molar refractivity (Wildman–Crippen MR) is 101 cm³/mol. The lowest BCUT2D eigenvalue weighted by atomic mass is 10.1. The van der Waals surface area contributed by atoms with Gasteiger partial charge in [-0.15, -0.1) is 0 Å². The SMILES string of the molecule is Cc1ccc(OCCCCCCCCOc2ccc(C)cc2)cc1. The molecule has 0 aromatic heterocycles. The molecule has 0 radical (unpaired) electrons. The summed E-state index contributed by atoms with van der Waals surface area (Å²) in [6, 6.07) is 16.5. The third-order valence-electron chi connectivity index (χ3n) is 4.12. The van der Waals surface area contributed by atoms with Gasteiger partial charge in [-0.2, -0.15) is 0 Å². The fourth-order valence-corrected chi connectivity index (χ4v) is 2.56.